The smallest absolute Gasteiger partial charge is 0 e. The van der Waals surface area contributed by atoms with E-state index in [-0.39, 0.29) is 21.1 Å². The minimum Gasteiger partial charge on any atom is 0 e. The molecule has 0 aromatic rings. The Labute approximate surface area is 97.7 Å². The van der Waals surface area contributed by atoms with E-state index in [1.165, 1.54) is 6.42 Å². The van der Waals surface area contributed by atoms with Crippen molar-refractivity contribution >= 4 is 0 Å². The summed E-state index contributed by atoms with van der Waals surface area (Å²) in [5, 5.41) is 0. The summed E-state index contributed by atoms with van der Waals surface area (Å²) in [5.74, 6) is 1.62. The first-order valence-corrected chi connectivity index (χ1v) is 3.43. The molecular formula is C10H8MoO3. The van der Waals surface area contributed by atoms with Gasteiger partial charge in [0.1, 0.15) is 0 Å². The average molecular weight is 272 g/mol. The van der Waals surface area contributed by atoms with Crippen molar-refractivity contribution in [2.24, 2.45) is 11.8 Å². The first kappa shape index (κ1) is 19.0. The van der Waals surface area contributed by atoms with Crippen LogP contribution in [0.1, 0.15) is 6.42 Å². The van der Waals surface area contributed by atoms with Crippen LogP contribution in [0, 0.1) is 31.8 Å². The maximum atomic E-state index is 7.50. The van der Waals surface area contributed by atoms with Crippen molar-refractivity contribution in [1.29, 1.82) is 0 Å². The molecule has 4 heteroatoms. The summed E-state index contributed by atoms with van der Waals surface area (Å²) in [6.07, 6.45) is 10.5. The average Bonchev–Trinajstić information content (AvgIpc) is 2.90. The Bertz CT molecular complexity index is 195. The molecule has 0 N–H and O–H groups in total. The van der Waals surface area contributed by atoms with E-state index >= 15 is 0 Å². The Morgan fingerprint density at radius 2 is 0.929 bits per heavy atom. The summed E-state index contributed by atoms with van der Waals surface area (Å²) in [6.45, 7) is 13.5. The molecule has 0 saturated carbocycles. The van der Waals surface area contributed by atoms with Crippen molar-refractivity contribution in [3.05, 3.63) is 44.3 Å². The molecule has 3 nitrogen and oxygen atoms in total. The zero-order valence-corrected chi connectivity index (χ0v) is 9.31. The van der Waals surface area contributed by atoms with Crippen molar-refractivity contribution < 1.29 is 35.0 Å². The molecule has 14 heavy (non-hydrogen) atoms. The Hall–Kier alpha value is -0.612. The van der Waals surface area contributed by atoms with Crippen molar-refractivity contribution in [1.82, 2.24) is 0 Å². The maximum absolute atomic E-state index is 7.50. The van der Waals surface area contributed by atoms with E-state index in [1.807, 2.05) is 0 Å². The van der Waals surface area contributed by atoms with Crippen molar-refractivity contribution in [2.75, 3.05) is 0 Å². The zero-order valence-electron chi connectivity index (χ0n) is 7.30. The molecule has 0 amide bonds. The second kappa shape index (κ2) is 14.9. The molecule has 0 atom stereocenters. The number of hydrogen-bond donors (Lipinski definition) is 0. The molecule has 2 aliphatic rings. The van der Waals surface area contributed by atoms with Gasteiger partial charge in [-0.25, -0.2) is 0 Å². The predicted octanol–water partition coefficient (Wildman–Crippen LogP) is 1.63. The van der Waals surface area contributed by atoms with E-state index < -0.39 is 0 Å². The summed E-state index contributed by atoms with van der Waals surface area (Å²) in [5.41, 5.74) is 0. The van der Waals surface area contributed by atoms with E-state index in [2.05, 4.69) is 44.3 Å². The molecule has 0 radical (unpaired) electrons. The first-order valence-electron chi connectivity index (χ1n) is 3.43. The number of rotatable bonds is 0. The molecule has 72 valence electrons. The molecule has 0 heterocycles. The van der Waals surface area contributed by atoms with Gasteiger partial charge in [0.05, 0.1) is 0 Å². The zero-order chi connectivity index (χ0) is 10.7. The molecule has 0 saturated heterocycles. The van der Waals surface area contributed by atoms with Gasteiger partial charge in [0.15, 0.2) is 0 Å². The summed E-state index contributed by atoms with van der Waals surface area (Å²) >= 11 is 0. The quantitative estimate of drug-likeness (QED) is 0.278. The van der Waals surface area contributed by atoms with E-state index in [4.69, 9.17) is 14.0 Å². The number of hydrogen-bond acceptors (Lipinski definition) is 0. The van der Waals surface area contributed by atoms with Crippen LogP contribution in [0.4, 0.5) is 0 Å². The molecule has 2 aliphatic carbocycles. The molecule has 0 unspecified atom stereocenters. The molecule has 2 rings (SSSR count). The molecule has 0 spiro atoms. The van der Waals surface area contributed by atoms with E-state index in [0.717, 1.165) is 11.8 Å². The number of fused-ring (bicyclic) bond motifs is 2. The van der Waals surface area contributed by atoms with E-state index in [0.29, 0.717) is 0 Å². The Kier molecular flexibility index (Phi) is 20.2. The van der Waals surface area contributed by atoms with Crippen LogP contribution in [0.25, 0.3) is 0 Å². The molecule has 0 fully saturated rings. The summed E-state index contributed by atoms with van der Waals surface area (Å²) in [4.78, 5) is 0. The van der Waals surface area contributed by atoms with E-state index in [1.54, 1.807) is 0 Å². The van der Waals surface area contributed by atoms with Crippen LogP contribution in [0.3, 0.4) is 0 Å². The van der Waals surface area contributed by atoms with Crippen molar-refractivity contribution in [3.63, 3.8) is 0 Å². The predicted molar refractivity (Wildman–Crippen MR) is 41.7 cm³/mol. The second-order valence-electron chi connectivity index (χ2n) is 2.33. The fraction of sp³-hybridized carbons (Fsp3) is 0.300. The van der Waals surface area contributed by atoms with Crippen LogP contribution in [0.15, 0.2) is 24.3 Å². The minimum absolute atomic E-state index is 0. The third-order valence-corrected chi connectivity index (χ3v) is 1.76. The fourth-order valence-corrected chi connectivity index (χ4v) is 1.33. The van der Waals surface area contributed by atoms with Crippen LogP contribution in [0.5, 0.6) is 0 Å². The number of allylic oxidation sites excluding steroid dienone is 4. The Morgan fingerprint density at radius 3 is 1.00 bits per heavy atom. The largest absolute Gasteiger partial charge is 0 e. The third kappa shape index (κ3) is 6.86. The fourth-order valence-electron chi connectivity index (χ4n) is 1.33. The Balaban J connectivity index is -0.000000153. The van der Waals surface area contributed by atoms with Crippen LogP contribution < -0.4 is 0 Å². The van der Waals surface area contributed by atoms with Gasteiger partial charge in [-0.05, 0) is 18.3 Å². The summed E-state index contributed by atoms with van der Waals surface area (Å²) in [7, 11) is 0. The van der Waals surface area contributed by atoms with Gasteiger partial charge in [0, 0.05) is 21.1 Å². The van der Waals surface area contributed by atoms with Crippen molar-refractivity contribution in [2.45, 2.75) is 6.42 Å². The molecule has 0 aliphatic heterocycles. The standard InChI is InChI=1S/C7H8.3CO.Mo/c1-2-7-4-3-6(1)5-7;3*1-2;/h1-4,6-7H,5H2;;;;. The monoisotopic (exact) mass is 274 g/mol. The SMILES string of the molecule is C1=CC2C=CC1C2.[C-]#[O+].[C-]#[O+].[C-]#[O+].[Mo]. The maximum Gasteiger partial charge on any atom is 0 e. The molecule has 0 aromatic heterocycles. The van der Waals surface area contributed by atoms with Gasteiger partial charge < -0.3 is 0 Å². The first-order chi connectivity index (χ1) is 6.45. The third-order valence-electron chi connectivity index (χ3n) is 1.76. The summed E-state index contributed by atoms with van der Waals surface area (Å²) < 4.78 is 22.5. The second-order valence-corrected chi connectivity index (χ2v) is 2.33. The van der Waals surface area contributed by atoms with Crippen LogP contribution in [-0.4, -0.2) is 0 Å². The van der Waals surface area contributed by atoms with Crippen molar-refractivity contribution in [3.8, 4) is 0 Å². The van der Waals surface area contributed by atoms with Crippen LogP contribution >= 0.6 is 0 Å². The van der Waals surface area contributed by atoms with Gasteiger partial charge in [-0.3, -0.25) is 0 Å². The van der Waals surface area contributed by atoms with Crippen LogP contribution in [0.2, 0.25) is 0 Å². The normalized spacial score (nSPS) is 22.1. The van der Waals surface area contributed by atoms with Gasteiger partial charge >= 0.3 is 33.9 Å². The van der Waals surface area contributed by atoms with E-state index in [9.17, 15) is 0 Å². The van der Waals surface area contributed by atoms with Gasteiger partial charge in [-0.15, -0.1) is 0 Å². The van der Waals surface area contributed by atoms with Gasteiger partial charge in [-0.1, -0.05) is 24.3 Å². The Morgan fingerprint density at radius 1 is 0.714 bits per heavy atom. The van der Waals surface area contributed by atoms with Gasteiger partial charge in [0.25, 0.3) is 0 Å². The van der Waals surface area contributed by atoms with Gasteiger partial charge in [0.2, 0.25) is 0 Å². The topological polar surface area (TPSA) is 59.7 Å². The molecule has 2 bridgehead atoms. The molecule has 0 aromatic carbocycles. The summed E-state index contributed by atoms with van der Waals surface area (Å²) in [6, 6.07) is 0. The minimum atomic E-state index is 0. The van der Waals surface area contributed by atoms with Gasteiger partial charge in [-0.2, -0.15) is 0 Å². The van der Waals surface area contributed by atoms with Crippen LogP contribution in [-0.2, 0) is 35.0 Å². The molecular weight excluding hydrogens is 264 g/mol.